The Labute approximate surface area is 106 Å². The summed E-state index contributed by atoms with van der Waals surface area (Å²) in [6.45, 7) is 1.90. The summed E-state index contributed by atoms with van der Waals surface area (Å²) in [5, 5.41) is 0. The van der Waals surface area contributed by atoms with Gasteiger partial charge in [-0.2, -0.15) is 0 Å². The summed E-state index contributed by atoms with van der Waals surface area (Å²) in [5.41, 5.74) is 2.31. The number of benzene rings is 2. The number of carbonyl (C=O) groups excluding carboxylic acids is 1. The smallest absolute Gasteiger partial charge is 0.417 e. The first kappa shape index (κ1) is 12.2. The van der Waals surface area contributed by atoms with E-state index in [0.717, 1.165) is 11.3 Å². The van der Waals surface area contributed by atoms with Crippen LogP contribution in [0.1, 0.15) is 0 Å². The van der Waals surface area contributed by atoms with Gasteiger partial charge in [-0.25, -0.2) is 4.79 Å². The Morgan fingerprint density at radius 3 is 2.17 bits per heavy atom. The van der Waals surface area contributed by atoms with Crippen molar-refractivity contribution >= 4 is 6.47 Å². The van der Waals surface area contributed by atoms with Gasteiger partial charge in [0.25, 0.3) is 0 Å². The maximum absolute atomic E-state index is 9.81. The van der Waals surface area contributed by atoms with Crippen LogP contribution in [0, 0.1) is 0 Å². The van der Waals surface area contributed by atoms with Gasteiger partial charge < -0.3 is 9.47 Å². The number of ether oxygens (including phenoxy) is 2. The van der Waals surface area contributed by atoms with Crippen LogP contribution in [-0.2, 0) is 9.53 Å². The summed E-state index contributed by atoms with van der Waals surface area (Å²) in [7, 11) is 0. The molecule has 0 aromatic heterocycles. The van der Waals surface area contributed by atoms with Gasteiger partial charge in [0.05, 0.1) is 0 Å². The van der Waals surface area contributed by atoms with E-state index in [2.05, 4.69) is 16.9 Å². The standard InChI is InChI=1S/C15H13O3/c16-12-17-10-11-18-15-8-6-14(7-9-15)13-4-2-1-3-5-13/h1-9H,10-11H2. The molecule has 91 valence electrons. The van der Waals surface area contributed by atoms with E-state index in [0.29, 0.717) is 6.61 Å². The first-order chi connectivity index (χ1) is 8.90. The fourth-order valence-electron chi connectivity index (χ4n) is 1.62. The van der Waals surface area contributed by atoms with E-state index in [4.69, 9.17) is 4.74 Å². The third kappa shape index (κ3) is 3.35. The second-order valence-corrected chi connectivity index (χ2v) is 3.67. The first-order valence-corrected chi connectivity index (χ1v) is 5.67. The van der Waals surface area contributed by atoms with Crippen LogP contribution in [0.25, 0.3) is 11.1 Å². The molecule has 0 spiro atoms. The van der Waals surface area contributed by atoms with Crippen molar-refractivity contribution < 1.29 is 14.3 Å². The third-order valence-corrected chi connectivity index (χ3v) is 2.47. The van der Waals surface area contributed by atoms with Gasteiger partial charge in [-0.1, -0.05) is 42.5 Å². The van der Waals surface area contributed by atoms with Gasteiger partial charge >= 0.3 is 6.47 Å². The lowest BCUT2D eigenvalue weighted by atomic mass is 10.1. The van der Waals surface area contributed by atoms with Crippen LogP contribution in [0.2, 0.25) is 0 Å². The van der Waals surface area contributed by atoms with Crippen LogP contribution in [-0.4, -0.2) is 19.7 Å². The predicted octanol–water partition coefficient (Wildman–Crippen LogP) is 2.82. The van der Waals surface area contributed by atoms with Crippen molar-refractivity contribution in [2.75, 3.05) is 13.2 Å². The molecule has 18 heavy (non-hydrogen) atoms. The summed E-state index contributed by atoms with van der Waals surface area (Å²) in [6.07, 6.45) is 0. The lowest BCUT2D eigenvalue weighted by Gasteiger charge is -2.06. The van der Waals surface area contributed by atoms with E-state index in [1.165, 1.54) is 12.0 Å². The van der Waals surface area contributed by atoms with Crippen molar-refractivity contribution in [3.63, 3.8) is 0 Å². The Kier molecular flexibility index (Phi) is 4.36. The Morgan fingerprint density at radius 1 is 0.833 bits per heavy atom. The highest BCUT2D eigenvalue weighted by Crippen LogP contribution is 2.21. The van der Waals surface area contributed by atoms with Crippen LogP contribution >= 0.6 is 0 Å². The molecule has 3 heteroatoms. The molecule has 2 rings (SSSR count). The largest absolute Gasteiger partial charge is 0.490 e. The van der Waals surface area contributed by atoms with Gasteiger partial charge in [0.15, 0.2) is 0 Å². The molecule has 2 aromatic rings. The summed E-state index contributed by atoms with van der Waals surface area (Å²) in [5.74, 6) is 0.754. The van der Waals surface area contributed by atoms with Crippen LogP contribution in [0.15, 0.2) is 54.6 Å². The van der Waals surface area contributed by atoms with Crippen LogP contribution in [0.4, 0.5) is 0 Å². The molecule has 0 bridgehead atoms. The monoisotopic (exact) mass is 241 g/mol. The highest BCUT2D eigenvalue weighted by molar-refractivity contribution is 5.63. The summed E-state index contributed by atoms with van der Waals surface area (Å²) >= 11 is 0. The zero-order chi connectivity index (χ0) is 12.6. The van der Waals surface area contributed by atoms with E-state index < -0.39 is 0 Å². The Bertz CT molecular complexity index is 477. The molecule has 0 aliphatic carbocycles. The van der Waals surface area contributed by atoms with Crippen molar-refractivity contribution in [3.8, 4) is 16.9 Å². The quantitative estimate of drug-likeness (QED) is 0.729. The molecule has 0 unspecified atom stereocenters. The summed E-state index contributed by atoms with van der Waals surface area (Å²) < 4.78 is 9.81. The van der Waals surface area contributed by atoms with E-state index >= 15 is 0 Å². The zero-order valence-corrected chi connectivity index (χ0v) is 9.84. The van der Waals surface area contributed by atoms with Gasteiger partial charge in [-0.15, -0.1) is 0 Å². The number of hydrogen-bond acceptors (Lipinski definition) is 3. The predicted molar refractivity (Wildman–Crippen MR) is 69.0 cm³/mol. The Hall–Kier alpha value is -2.29. The lowest BCUT2D eigenvalue weighted by Crippen LogP contribution is -2.05. The lowest BCUT2D eigenvalue weighted by molar-refractivity contribution is 0.200. The van der Waals surface area contributed by atoms with Crippen molar-refractivity contribution in [2.24, 2.45) is 0 Å². The minimum atomic E-state index is 0.212. The Morgan fingerprint density at radius 2 is 1.50 bits per heavy atom. The maximum atomic E-state index is 9.81. The molecule has 0 saturated carbocycles. The molecule has 0 amide bonds. The summed E-state index contributed by atoms with van der Waals surface area (Å²) in [4.78, 5) is 9.81. The topological polar surface area (TPSA) is 35.5 Å². The third-order valence-electron chi connectivity index (χ3n) is 2.47. The highest BCUT2D eigenvalue weighted by atomic mass is 16.5. The fourth-order valence-corrected chi connectivity index (χ4v) is 1.62. The number of rotatable bonds is 6. The molecule has 0 heterocycles. The minimum Gasteiger partial charge on any atom is -0.490 e. The van der Waals surface area contributed by atoms with Gasteiger partial charge in [0.2, 0.25) is 0 Å². The van der Waals surface area contributed by atoms with Crippen molar-refractivity contribution in [2.45, 2.75) is 0 Å². The zero-order valence-electron chi connectivity index (χ0n) is 9.84. The van der Waals surface area contributed by atoms with Crippen LogP contribution in [0.5, 0.6) is 5.75 Å². The molecule has 0 fully saturated rings. The second-order valence-electron chi connectivity index (χ2n) is 3.67. The van der Waals surface area contributed by atoms with E-state index in [-0.39, 0.29) is 6.61 Å². The molecule has 2 aromatic carbocycles. The molecular formula is C15H13O3. The van der Waals surface area contributed by atoms with Crippen LogP contribution in [0.3, 0.4) is 0 Å². The molecule has 3 nitrogen and oxygen atoms in total. The molecular weight excluding hydrogens is 228 g/mol. The van der Waals surface area contributed by atoms with Gasteiger partial charge in [0, 0.05) is 0 Å². The molecule has 1 radical (unpaired) electrons. The first-order valence-electron chi connectivity index (χ1n) is 5.67. The second kappa shape index (κ2) is 6.45. The molecule has 0 atom stereocenters. The molecule has 0 aliphatic rings. The van der Waals surface area contributed by atoms with Crippen molar-refractivity contribution in [1.29, 1.82) is 0 Å². The van der Waals surface area contributed by atoms with Gasteiger partial charge in [-0.05, 0) is 23.3 Å². The Balaban J connectivity index is 1.95. The molecule has 0 N–H and O–H groups in total. The van der Waals surface area contributed by atoms with Crippen LogP contribution < -0.4 is 4.74 Å². The van der Waals surface area contributed by atoms with E-state index in [9.17, 15) is 4.79 Å². The average Bonchev–Trinajstić information content (AvgIpc) is 2.45. The average molecular weight is 241 g/mol. The molecule has 0 saturated heterocycles. The van der Waals surface area contributed by atoms with Gasteiger partial charge in [-0.3, -0.25) is 0 Å². The van der Waals surface area contributed by atoms with E-state index in [1.807, 2.05) is 42.5 Å². The van der Waals surface area contributed by atoms with Crippen molar-refractivity contribution in [1.82, 2.24) is 0 Å². The SMILES string of the molecule is O=[C]OCCOc1ccc(-c2ccccc2)cc1. The van der Waals surface area contributed by atoms with Crippen molar-refractivity contribution in [3.05, 3.63) is 54.6 Å². The fraction of sp³-hybridized carbons (Fsp3) is 0.133. The minimum absolute atomic E-state index is 0.212. The maximum Gasteiger partial charge on any atom is 0.417 e. The number of hydrogen-bond donors (Lipinski definition) is 0. The summed E-state index contributed by atoms with van der Waals surface area (Å²) in [6, 6.07) is 17.9. The molecule has 0 aliphatic heterocycles. The highest BCUT2D eigenvalue weighted by Gasteiger charge is 1.98. The normalized spacial score (nSPS) is 9.78. The van der Waals surface area contributed by atoms with E-state index in [1.54, 1.807) is 0 Å². The van der Waals surface area contributed by atoms with Gasteiger partial charge in [0.1, 0.15) is 19.0 Å².